The summed E-state index contributed by atoms with van der Waals surface area (Å²) in [6.07, 6.45) is 5.80. The Morgan fingerprint density at radius 1 is 0.969 bits per heavy atom. The van der Waals surface area contributed by atoms with Crippen molar-refractivity contribution in [1.29, 1.82) is 0 Å². The molecule has 0 unspecified atom stereocenters. The van der Waals surface area contributed by atoms with Crippen molar-refractivity contribution in [2.24, 2.45) is 0 Å². The van der Waals surface area contributed by atoms with Crippen molar-refractivity contribution in [1.82, 2.24) is 14.2 Å². The molecule has 32 heavy (non-hydrogen) atoms. The highest BCUT2D eigenvalue weighted by atomic mass is 32.2. The van der Waals surface area contributed by atoms with E-state index in [0.29, 0.717) is 19.1 Å². The van der Waals surface area contributed by atoms with Crippen LogP contribution >= 0.6 is 0 Å². The van der Waals surface area contributed by atoms with Crippen LogP contribution in [0.5, 0.6) is 0 Å². The molecule has 2 heterocycles. The molecular weight excluding hydrogens is 429 g/mol. The molecule has 0 spiro atoms. The minimum atomic E-state index is -4.22. The molecule has 2 aromatic carbocycles. The fourth-order valence-corrected chi connectivity index (χ4v) is 5.41. The molecule has 1 aliphatic rings. The second-order valence-electron chi connectivity index (χ2n) is 7.98. The molecule has 1 saturated heterocycles. The summed E-state index contributed by atoms with van der Waals surface area (Å²) < 4.78 is 44.6. The van der Waals surface area contributed by atoms with Crippen molar-refractivity contribution in [2.75, 3.05) is 13.1 Å². The number of hydrogen-bond donors (Lipinski definition) is 1. The maximum Gasteiger partial charge on any atom is 0.244 e. The molecule has 0 radical (unpaired) electrons. The number of amides is 1. The second kappa shape index (κ2) is 9.67. The van der Waals surface area contributed by atoms with E-state index in [9.17, 15) is 17.6 Å². The van der Waals surface area contributed by atoms with Crippen LogP contribution in [-0.2, 0) is 21.2 Å². The van der Waals surface area contributed by atoms with Gasteiger partial charge in [-0.05, 0) is 49.1 Å². The Morgan fingerprint density at radius 2 is 1.59 bits per heavy atom. The standard InChI is InChI=1S/C24H26FN3O3S/c25-21-10-4-5-11-23(21)32(30,31)26-22(18-19-8-2-1-3-9-19)24(29)28-16-12-20(13-17-28)27-14-6-7-15-27/h1-11,14-15,20,22,26H,12-13,16-18H2/t22-/m0/s1. The molecule has 1 aliphatic heterocycles. The van der Waals surface area contributed by atoms with Crippen LogP contribution in [0.15, 0.2) is 84.0 Å². The van der Waals surface area contributed by atoms with E-state index < -0.39 is 26.8 Å². The number of hydrogen-bond acceptors (Lipinski definition) is 3. The van der Waals surface area contributed by atoms with E-state index >= 15 is 0 Å². The van der Waals surface area contributed by atoms with Gasteiger partial charge in [0.25, 0.3) is 0 Å². The summed E-state index contributed by atoms with van der Waals surface area (Å²) in [5.41, 5.74) is 0.823. The number of likely N-dealkylation sites (tertiary alicyclic amines) is 1. The Bertz CT molecular complexity index is 1140. The number of nitrogens with one attached hydrogen (secondary N) is 1. The summed E-state index contributed by atoms with van der Waals surface area (Å²) in [4.78, 5) is 14.6. The lowest BCUT2D eigenvalue weighted by Gasteiger charge is -2.35. The van der Waals surface area contributed by atoms with Crippen LogP contribution in [0, 0.1) is 5.82 Å². The predicted molar refractivity (Wildman–Crippen MR) is 120 cm³/mol. The Kier molecular flexibility index (Phi) is 6.72. The van der Waals surface area contributed by atoms with Crippen LogP contribution < -0.4 is 4.72 Å². The molecule has 6 nitrogen and oxygen atoms in total. The van der Waals surface area contributed by atoms with Crippen molar-refractivity contribution in [3.8, 4) is 0 Å². The first-order valence-electron chi connectivity index (χ1n) is 10.7. The van der Waals surface area contributed by atoms with E-state index in [1.807, 2.05) is 54.9 Å². The smallest absolute Gasteiger partial charge is 0.244 e. The average Bonchev–Trinajstić information content (AvgIpc) is 3.34. The molecular formula is C24H26FN3O3S. The predicted octanol–water partition coefficient (Wildman–Crippen LogP) is 3.38. The summed E-state index contributed by atoms with van der Waals surface area (Å²) in [5, 5.41) is 0. The van der Waals surface area contributed by atoms with Gasteiger partial charge in [-0.25, -0.2) is 12.8 Å². The van der Waals surface area contributed by atoms with Crippen LogP contribution in [-0.4, -0.2) is 42.9 Å². The van der Waals surface area contributed by atoms with Gasteiger partial charge in [-0.1, -0.05) is 42.5 Å². The van der Waals surface area contributed by atoms with E-state index in [4.69, 9.17) is 0 Å². The van der Waals surface area contributed by atoms with Gasteiger partial charge in [0, 0.05) is 31.5 Å². The molecule has 8 heteroatoms. The monoisotopic (exact) mass is 455 g/mol. The highest BCUT2D eigenvalue weighted by Crippen LogP contribution is 2.24. The third kappa shape index (κ3) is 5.08. The van der Waals surface area contributed by atoms with Gasteiger partial charge in [0.1, 0.15) is 16.8 Å². The first-order valence-corrected chi connectivity index (χ1v) is 12.1. The van der Waals surface area contributed by atoms with E-state index in [1.165, 1.54) is 18.2 Å². The number of benzene rings is 2. The highest BCUT2D eigenvalue weighted by molar-refractivity contribution is 7.89. The summed E-state index contributed by atoms with van der Waals surface area (Å²) in [6, 6.07) is 17.6. The Hall–Kier alpha value is -2.97. The van der Waals surface area contributed by atoms with Crippen LogP contribution in [0.3, 0.4) is 0 Å². The van der Waals surface area contributed by atoms with E-state index in [1.54, 1.807) is 4.90 Å². The number of nitrogens with zero attached hydrogens (tertiary/aromatic N) is 2. The van der Waals surface area contributed by atoms with Gasteiger partial charge in [0.15, 0.2) is 0 Å². The topological polar surface area (TPSA) is 71.4 Å². The minimum Gasteiger partial charge on any atom is -0.351 e. The van der Waals surface area contributed by atoms with Gasteiger partial charge in [0.05, 0.1) is 0 Å². The quantitative estimate of drug-likeness (QED) is 0.594. The zero-order valence-electron chi connectivity index (χ0n) is 17.6. The number of sulfonamides is 1. The number of carbonyl (C=O) groups is 1. The van der Waals surface area contributed by atoms with Crippen molar-refractivity contribution >= 4 is 15.9 Å². The first-order chi connectivity index (χ1) is 15.4. The molecule has 1 aromatic heterocycles. The maximum absolute atomic E-state index is 14.2. The van der Waals surface area contributed by atoms with Gasteiger partial charge < -0.3 is 9.47 Å². The molecule has 1 fully saturated rings. The lowest BCUT2D eigenvalue weighted by molar-refractivity contribution is -0.134. The normalized spacial score (nSPS) is 16.1. The van der Waals surface area contributed by atoms with Crippen molar-refractivity contribution in [3.63, 3.8) is 0 Å². The number of carbonyl (C=O) groups excluding carboxylic acids is 1. The molecule has 0 saturated carbocycles. The molecule has 0 bridgehead atoms. The van der Waals surface area contributed by atoms with Crippen LogP contribution in [0.4, 0.5) is 4.39 Å². The summed E-state index contributed by atoms with van der Waals surface area (Å²) in [7, 11) is -4.22. The van der Waals surface area contributed by atoms with Crippen LogP contribution in [0.2, 0.25) is 0 Å². The SMILES string of the molecule is O=C([C@H](Cc1ccccc1)NS(=O)(=O)c1ccccc1F)N1CCC(n2cccc2)CC1. The van der Waals surface area contributed by atoms with Gasteiger partial charge in [-0.15, -0.1) is 0 Å². The van der Waals surface area contributed by atoms with E-state index in [0.717, 1.165) is 24.5 Å². The Morgan fingerprint density at radius 3 is 2.25 bits per heavy atom. The number of piperidine rings is 1. The first kappa shape index (κ1) is 22.2. The van der Waals surface area contributed by atoms with Gasteiger partial charge in [0.2, 0.25) is 15.9 Å². The van der Waals surface area contributed by atoms with Gasteiger partial charge in [-0.3, -0.25) is 4.79 Å². The molecule has 3 aromatic rings. The molecule has 1 amide bonds. The van der Waals surface area contributed by atoms with E-state index in [2.05, 4.69) is 9.29 Å². The van der Waals surface area contributed by atoms with Gasteiger partial charge >= 0.3 is 0 Å². The zero-order valence-corrected chi connectivity index (χ0v) is 18.4. The summed E-state index contributed by atoms with van der Waals surface area (Å²) >= 11 is 0. The lowest BCUT2D eigenvalue weighted by Crippen LogP contribution is -2.51. The van der Waals surface area contributed by atoms with Gasteiger partial charge in [-0.2, -0.15) is 4.72 Å². The fraction of sp³-hybridized carbons (Fsp3) is 0.292. The second-order valence-corrected chi connectivity index (χ2v) is 9.66. The molecule has 1 N–H and O–H groups in total. The number of aromatic nitrogens is 1. The lowest BCUT2D eigenvalue weighted by atomic mass is 10.0. The minimum absolute atomic E-state index is 0.185. The summed E-state index contributed by atoms with van der Waals surface area (Å²) in [5.74, 6) is -1.14. The average molecular weight is 456 g/mol. The third-order valence-corrected chi connectivity index (χ3v) is 7.33. The molecule has 1 atom stereocenters. The maximum atomic E-state index is 14.2. The Balaban J connectivity index is 1.53. The molecule has 0 aliphatic carbocycles. The zero-order chi connectivity index (χ0) is 22.6. The van der Waals surface area contributed by atoms with Crippen molar-refractivity contribution < 1.29 is 17.6 Å². The fourth-order valence-electron chi connectivity index (χ4n) is 4.14. The van der Waals surface area contributed by atoms with Crippen LogP contribution in [0.25, 0.3) is 0 Å². The van der Waals surface area contributed by atoms with E-state index in [-0.39, 0.29) is 12.3 Å². The largest absolute Gasteiger partial charge is 0.351 e. The number of rotatable bonds is 7. The number of halogens is 1. The van der Waals surface area contributed by atoms with Crippen molar-refractivity contribution in [2.45, 2.75) is 36.2 Å². The van der Waals surface area contributed by atoms with Crippen molar-refractivity contribution in [3.05, 3.63) is 90.5 Å². The summed E-state index contributed by atoms with van der Waals surface area (Å²) in [6.45, 7) is 1.07. The van der Waals surface area contributed by atoms with Crippen LogP contribution in [0.1, 0.15) is 24.4 Å². The third-order valence-electron chi connectivity index (χ3n) is 5.83. The highest BCUT2D eigenvalue weighted by Gasteiger charge is 2.32. The molecule has 168 valence electrons. The Labute approximate surface area is 187 Å². The molecule has 4 rings (SSSR count).